The summed E-state index contributed by atoms with van der Waals surface area (Å²) in [6, 6.07) is 4.16. The lowest BCUT2D eigenvalue weighted by atomic mass is 9.83. The van der Waals surface area contributed by atoms with Gasteiger partial charge in [-0.15, -0.1) is 0 Å². The molecule has 1 rings (SSSR count). The van der Waals surface area contributed by atoms with Crippen molar-refractivity contribution in [1.82, 2.24) is 0 Å². The summed E-state index contributed by atoms with van der Waals surface area (Å²) in [7, 11) is 0.138. The molecule has 94 valence electrons. The van der Waals surface area contributed by atoms with E-state index in [0.29, 0.717) is 17.8 Å². The van der Waals surface area contributed by atoms with Gasteiger partial charge in [-0.3, -0.25) is 4.57 Å². The van der Waals surface area contributed by atoms with Crippen LogP contribution in [0.5, 0.6) is 0 Å². The second-order valence-corrected chi connectivity index (χ2v) is 6.22. The van der Waals surface area contributed by atoms with Gasteiger partial charge in [0.2, 0.25) is 0 Å². The first-order valence-electron chi connectivity index (χ1n) is 6.40. The highest BCUT2D eigenvalue weighted by molar-refractivity contribution is 7.34. The maximum Gasteiger partial charge on any atom is 0.192 e. The normalized spacial score (nSPS) is 12.1. The van der Waals surface area contributed by atoms with E-state index in [2.05, 4.69) is 47.6 Å². The Balaban J connectivity index is 3.59. The van der Waals surface area contributed by atoms with Gasteiger partial charge in [0.05, 0.1) is 0 Å². The minimum absolute atomic E-state index is 0.138. The van der Waals surface area contributed by atoms with Crippen LogP contribution in [0, 0.1) is 0 Å². The fourth-order valence-electron chi connectivity index (χ4n) is 2.48. The maximum absolute atomic E-state index is 11.3. The molecule has 0 amide bonds. The van der Waals surface area contributed by atoms with E-state index in [1.807, 2.05) is 6.07 Å². The molecular formula is C15H23OP. The molecule has 0 aromatic heterocycles. The zero-order valence-corrected chi connectivity index (χ0v) is 12.6. The summed E-state index contributed by atoms with van der Waals surface area (Å²) in [5.41, 5.74) is 4.08. The lowest BCUT2D eigenvalue weighted by Gasteiger charge is -2.23. The van der Waals surface area contributed by atoms with Crippen molar-refractivity contribution in [1.29, 1.82) is 0 Å². The Hall–Kier alpha value is -0.680. The Morgan fingerprint density at radius 2 is 1.35 bits per heavy atom. The van der Waals surface area contributed by atoms with Crippen LogP contribution < -0.4 is 5.30 Å². The van der Waals surface area contributed by atoms with Crippen LogP contribution in [0.3, 0.4) is 0 Å². The van der Waals surface area contributed by atoms with Crippen molar-refractivity contribution in [2.75, 3.05) is 0 Å². The quantitative estimate of drug-likeness (QED) is 0.689. The molecule has 17 heavy (non-hydrogen) atoms. The number of hydrogen-bond donors (Lipinski definition) is 0. The van der Waals surface area contributed by atoms with E-state index in [0.717, 1.165) is 5.30 Å². The smallest absolute Gasteiger partial charge is 0.192 e. The molecule has 0 saturated heterocycles. The predicted octanol–water partition coefficient (Wildman–Crippen LogP) is 4.97. The van der Waals surface area contributed by atoms with Crippen molar-refractivity contribution in [2.24, 2.45) is 0 Å². The molecule has 0 bridgehead atoms. The van der Waals surface area contributed by atoms with Gasteiger partial charge in [0.15, 0.2) is 8.46 Å². The first kappa shape index (κ1) is 14.4. The lowest BCUT2D eigenvalue weighted by molar-refractivity contribution is 0.602. The fraction of sp³-hybridized carbons (Fsp3) is 0.600. The van der Waals surface area contributed by atoms with Crippen LogP contribution in [0.1, 0.15) is 76.0 Å². The van der Waals surface area contributed by atoms with E-state index in [1.165, 1.54) is 16.7 Å². The minimum atomic E-state index is 0.138. The molecular weight excluding hydrogens is 227 g/mol. The van der Waals surface area contributed by atoms with Gasteiger partial charge in [-0.2, -0.15) is 0 Å². The Morgan fingerprint density at radius 3 is 1.71 bits per heavy atom. The molecule has 0 aliphatic heterocycles. The molecule has 0 atom stereocenters. The van der Waals surface area contributed by atoms with E-state index >= 15 is 0 Å². The van der Waals surface area contributed by atoms with Gasteiger partial charge in [-0.25, -0.2) is 0 Å². The summed E-state index contributed by atoms with van der Waals surface area (Å²) in [6.45, 7) is 13.2. The molecule has 0 N–H and O–H groups in total. The molecule has 0 heterocycles. The first-order chi connectivity index (χ1) is 7.90. The van der Waals surface area contributed by atoms with E-state index in [-0.39, 0.29) is 8.46 Å². The molecule has 1 aromatic carbocycles. The molecule has 1 nitrogen and oxygen atoms in total. The van der Waals surface area contributed by atoms with Gasteiger partial charge in [-0.05, 0) is 40.5 Å². The SMILES string of the molecule is CC(C)c1ccc(P=O)c(C(C)C)c1C(C)C. The van der Waals surface area contributed by atoms with Crippen molar-refractivity contribution >= 4 is 13.8 Å². The molecule has 0 radical (unpaired) electrons. The lowest BCUT2D eigenvalue weighted by Crippen LogP contribution is -2.14. The van der Waals surface area contributed by atoms with Crippen molar-refractivity contribution in [2.45, 2.75) is 59.3 Å². The Bertz CT molecular complexity index is 406. The van der Waals surface area contributed by atoms with E-state index in [1.54, 1.807) is 0 Å². The third-order valence-corrected chi connectivity index (χ3v) is 3.76. The third kappa shape index (κ3) is 2.96. The summed E-state index contributed by atoms with van der Waals surface area (Å²) in [5.74, 6) is 1.41. The molecule has 0 saturated carbocycles. The monoisotopic (exact) mass is 250 g/mol. The van der Waals surface area contributed by atoms with Crippen LogP contribution >= 0.6 is 8.46 Å². The Labute approximate surface area is 107 Å². The highest BCUT2D eigenvalue weighted by Gasteiger charge is 2.19. The van der Waals surface area contributed by atoms with E-state index in [9.17, 15) is 4.57 Å². The fourth-order valence-corrected chi connectivity index (χ4v) is 3.09. The van der Waals surface area contributed by atoms with Crippen LogP contribution in [-0.2, 0) is 4.57 Å². The van der Waals surface area contributed by atoms with Crippen LogP contribution in [0.4, 0.5) is 0 Å². The van der Waals surface area contributed by atoms with Gasteiger partial charge in [0.25, 0.3) is 0 Å². The second-order valence-electron chi connectivity index (χ2n) is 5.56. The zero-order valence-electron chi connectivity index (χ0n) is 11.7. The maximum atomic E-state index is 11.3. The van der Waals surface area contributed by atoms with Crippen molar-refractivity contribution in [3.8, 4) is 0 Å². The van der Waals surface area contributed by atoms with E-state index < -0.39 is 0 Å². The van der Waals surface area contributed by atoms with Crippen LogP contribution in [-0.4, -0.2) is 0 Å². The van der Waals surface area contributed by atoms with Gasteiger partial charge < -0.3 is 0 Å². The van der Waals surface area contributed by atoms with Crippen LogP contribution in [0.25, 0.3) is 0 Å². The summed E-state index contributed by atoms with van der Waals surface area (Å²) >= 11 is 0. The standard InChI is InChI=1S/C15H23OP/c1-9(2)12-7-8-13(17-16)15(11(5)6)14(12)10(3)4/h7-11H,1-6H3. The Morgan fingerprint density at radius 1 is 0.824 bits per heavy atom. The molecule has 0 fully saturated rings. The largest absolute Gasteiger partial charge is 0.269 e. The molecule has 2 heteroatoms. The molecule has 1 aromatic rings. The molecule has 0 aliphatic carbocycles. The third-order valence-electron chi connectivity index (χ3n) is 3.17. The summed E-state index contributed by atoms with van der Waals surface area (Å²) in [6.07, 6.45) is 0. The van der Waals surface area contributed by atoms with E-state index in [4.69, 9.17) is 0 Å². The summed E-state index contributed by atoms with van der Waals surface area (Å²) in [4.78, 5) is 0. The van der Waals surface area contributed by atoms with Crippen LogP contribution in [0.15, 0.2) is 12.1 Å². The van der Waals surface area contributed by atoms with Gasteiger partial charge in [-0.1, -0.05) is 47.6 Å². The predicted molar refractivity (Wildman–Crippen MR) is 75.9 cm³/mol. The van der Waals surface area contributed by atoms with Crippen molar-refractivity contribution < 1.29 is 4.57 Å². The summed E-state index contributed by atoms with van der Waals surface area (Å²) in [5, 5.41) is 0.952. The zero-order chi connectivity index (χ0) is 13.2. The van der Waals surface area contributed by atoms with Gasteiger partial charge in [0, 0.05) is 5.30 Å². The van der Waals surface area contributed by atoms with Gasteiger partial charge >= 0.3 is 0 Å². The molecule has 0 aliphatic rings. The van der Waals surface area contributed by atoms with Crippen molar-refractivity contribution in [3.63, 3.8) is 0 Å². The van der Waals surface area contributed by atoms with Gasteiger partial charge in [0.1, 0.15) is 0 Å². The second kappa shape index (κ2) is 5.78. The number of hydrogen-bond acceptors (Lipinski definition) is 1. The minimum Gasteiger partial charge on any atom is -0.269 e. The first-order valence-corrected chi connectivity index (χ1v) is 7.21. The average Bonchev–Trinajstić information content (AvgIpc) is 2.26. The highest BCUT2D eigenvalue weighted by Crippen LogP contribution is 2.33. The number of rotatable bonds is 4. The molecule has 0 unspecified atom stereocenters. The number of benzene rings is 1. The highest BCUT2D eigenvalue weighted by atomic mass is 31.1. The molecule has 0 spiro atoms. The van der Waals surface area contributed by atoms with Crippen LogP contribution in [0.2, 0.25) is 0 Å². The topological polar surface area (TPSA) is 17.1 Å². The summed E-state index contributed by atoms with van der Waals surface area (Å²) < 4.78 is 11.3. The average molecular weight is 250 g/mol. The van der Waals surface area contributed by atoms with Crippen molar-refractivity contribution in [3.05, 3.63) is 28.8 Å². The Kier molecular flexibility index (Phi) is 4.89.